The number of halogens is 2. The molecule has 0 aliphatic rings. The molecule has 1 aromatic carbocycles. The number of nitrogens with zero attached hydrogens (tertiary/aromatic N) is 3. The van der Waals surface area contributed by atoms with Crippen LogP contribution in [0.3, 0.4) is 0 Å². The third-order valence-corrected chi connectivity index (χ3v) is 4.37. The minimum Gasteiger partial charge on any atom is -0.467 e. The highest BCUT2D eigenvalue weighted by molar-refractivity contribution is 7.99. The molecule has 2 aromatic heterocycles. The summed E-state index contributed by atoms with van der Waals surface area (Å²) in [6.45, 7) is 0.154. The van der Waals surface area contributed by atoms with E-state index in [0.29, 0.717) is 28.6 Å². The highest BCUT2D eigenvalue weighted by atomic mass is 32.2. The number of carbonyl (C=O) groups is 1. The normalized spacial score (nSPS) is 11.0. The van der Waals surface area contributed by atoms with Crippen molar-refractivity contribution < 1.29 is 18.0 Å². The summed E-state index contributed by atoms with van der Waals surface area (Å²) in [5, 5.41) is 0.0909. The van der Waals surface area contributed by atoms with Crippen LogP contribution in [0.5, 0.6) is 0 Å². The molecule has 0 radical (unpaired) electrons. The van der Waals surface area contributed by atoms with Crippen LogP contribution in [0.4, 0.5) is 8.78 Å². The summed E-state index contributed by atoms with van der Waals surface area (Å²) in [5.74, 6) is 0.0867. The maximum Gasteiger partial charge on any atom is 0.291 e. The molecule has 0 spiro atoms. The van der Waals surface area contributed by atoms with E-state index in [-0.39, 0.29) is 30.7 Å². The number of furan rings is 1. The number of benzene rings is 1. The summed E-state index contributed by atoms with van der Waals surface area (Å²) in [6, 6.07) is 10.4. The Balaban J connectivity index is 1.88. The monoisotopic (exact) mass is 375 g/mol. The highest BCUT2D eigenvalue weighted by Gasteiger charge is 2.21. The number of para-hydroxylation sites is 2. The van der Waals surface area contributed by atoms with E-state index in [2.05, 4.69) is 10.9 Å². The number of rotatable bonds is 7. The van der Waals surface area contributed by atoms with Crippen molar-refractivity contribution in [3.05, 3.63) is 48.4 Å². The van der Waals surface area contributed by atoms with Crippen LogP contribution in [0.1, 0.15) is 5.76 Å². The summed E-state index contributed by atoms with van der Waals surface area (Å²) >= 11 is 0.312. The second kappa shape index (κ2) is 8.06. The van der Waals surface area contributed by atoms with E-state index in [0.717, 1.165) is 0 Å². The van der Waals surface area contributed by atoms with Crippen molar-refractivity contribution in [3.8, 4) is 12.3 Å². The molecule has 0 unspecified atom stereocenters. The summed E-state index contributed by atoms with van der Waals surface area (Å²) in [5.41, 5.74) is 1.17. The first-order chi connectivity index (χ1) is 12.6. The van der Waals surface area contributed by atoms with Gasteiger partial charge in [0.2, 0.25) is 5.91 Å². The van der Waals surface area contributed by atoms with Crippen molar-refractivity contribution in [2.45, 2.75) is 24.0 Å². The molecule has 1 amide bonds. The van der Waals surface area contributed by atoms with E-state index < -0.39 is 5.76 Å². The van der Waals surface area contributed by atoms with Gasteiger partial charge in [0.15, 0.2) is 5.16 Å². The Hall–Kier alpha value is -2.79. The molecule has 0 N–H and O–H groups in total. The fourth-order valence-electron chi connectivity index (χ4n) is 2.54. The van der Waals surface area contributed by atoms with Crippen LogP contribution in [0.25, 0.3) is 11.0 Å². The number of terminal acetylenes is 1. The van der Waals surface area contributed by atoms with Crippen LogP contribution >= 0.6 is 11.8 Å². The second-order valence-corrected chi connectivity index (χ2v) is 6.34. The van der Waals surface area contributed by atoms with Gasteiger partial charge in [-0.1, -0.05) is 18.1 Å². The molecule has 2 heterocycles. The molecule has 134 valence electrons. The van der Waals surface area contributed by atoms with Crippen molar-refractivity contribution in [2.24, 2.45) is 0 Å². The molecule has 26 heavy (non-hydrogen) atoms. The smallest absolute Gasteiger partial charge is 0.291 e. The quantitative estimate of drug-likeness (QED) is 0.468. The third kappa shape index (κ3) is 4.06. The van der Waals surface area contributed by atoms with E-state index in [1.807, 2.05) is 0 Å². The fraction of sp³-hybridized carbons (Fsp3) is 0.222. The van der Waals surface area contributed by atoms with Gasteiger partial charge in [0.1, 0.15) is 12.3 Å². The SMILES string of the molecule is C#CCN(Cc1ccco1)C(=O)Cn1c(SC(F)F)nc2ccccc21. The van der Waals surface area contributed by atoms with Gasteiger partial charge < -0.3 is 13.9 Å². The molecule has 3 aromatic rings. The van der Waals surface area contributed by atoms with Crippen LogP contribution < -0.4 is 0 Å². The zero-order chi connectivity index (χ0) is 18.5. The Morgan fingerprint density at radius 1 is 1.35 bits per heavy atom. The van der Waals surface area contributed by atoms with Gasteiger partial charge in [-0.15, -0.1) is 6.42 Å². The minimum absolute atomic E-state index is 0.0868. The first kappa shape index (κ1) is 18.0. The Labute approximate surface area is 153 Å². The van der Waals surface area contributed by atoms with Crippen LogP contribution in [-0.4, -0.2) is 32.7 Å². The molecule has 3 rings (SSSR count). The van der Waals surface area contributed by atoms with Gasteiger partial charge >= 0.3 is 0 Å². The second-order valence-electron chi connectivity index (χ2n) is 5.38. The Morgan fingerprint density at radius 2 is 2.15 bits per heavy atom. The number of hydrogen-bond acceptors (Lipinski definition) is 4. The molecular formula is C18H15F2N3O2S. The molecule has 0 aliphatic carbocycles. The number of hydrogen-bond donors (Lipinski definition) is 0. The molecule has 0 saturated carbocycles. The van der Waals surface area contributed by atoms with Gasteiger partial charge in [0.05, 0.1) is 30.4 Å². The molecule has 0 saturated heterocycles. The van der Waals surface area contributed by atoms with Crippen LogP contribution in [0.15, 0.2) is 52.2 Å². The van der Waals surface area contributed by atoms with Crippen LogP contribution in [-0.2, 0) is 17.9 Å². The lowest BCUT2D eigenvalue weighted by molar-refractivity contribution is -0.132. The summed E-state index contributed by atoms with van der Waals surface area (Å²) < 4.78 is 32.5. The molecule has 0 fully saturated rings. The Bertz CT molecular complexity index is 932. The zero-order valence-corrected chi connectivity index (χ0v) is 14.5. The number of thioether (sulfide) groups is 1. The fourth-order valence-corrected chi connectivity index (χ4v) is 3.14. The minimum atomic E-state index is -2.63. The van der Waals surface area contributed by atoms with Gasteiger partial charge in [0.25, 0.3) is 5.76 Å². The average Bonchev–Trinajstić information content (AvgIpc) is 3.22. The number of alkyl halides is 2. The molecule has 0 atom stereocenters. The number of imidazole rings is 1. The molecule has 0 bridgehead atoms. The highest BCUT2D eigenvalue weighted by Crippen LogP contribution is 2.28. The van der Waals surface area contributed by atoms with Crippen molar-refractivity contribution in [1.82, 2.24) is 14.5 Å². The molecule has 5 nitrogen and oxygen atoms in total. The van der Waals surface area contributed by atoms with Crippen molar-refractivity contribution in [3.63, 3.8) is 0 Å². The van der Waals surface area contributed by atoms with Crippen LogP contribution in [0.2, 0.25) is 0 Å². The lowest BCUT2D eigenvalue weighted by atomic mass is 10.3. The predicted molar refractivity (Wildman–Crippen MR) is 94.6 cm³/mol. The summed E-state index contributed by atoms with van der Waals surface area (Å²) in [7, 11) is 0. The maximum absolute atomic E-state index is 12.9. The van der Waals surface area contributed by atoms with Crippen molar-refractivity contribution in [2.75, 3.05) is 6.54 Å². The summed E-state index contributed by atoms with van der Waals surface area (Å²) in [6.07, 6.45) is 6.87. The first-order valence-electron chi connectivity index (χ1n) is 7.72. The van der Waals surface area contributed by atoms with Gasteiger partial charge in [0, 0.05) is 0 Å². The van der Waals surface area contributed by atoms with Crippen molar-refractivity contribution >= 4 is 28.7 Å². The van der Waals surface area contributed by atoms with Gasteiger partial charge in [-0.25, -0.2) is 4.98 Å². The topological polar surface area (TPSA) is 51.3 Å². The van der Waals surface area contributed by atoms with E-state index in [1.165, 1.54) is 15.7 Å². The Morgan fingerprint density at radius 3 is 2.85 bits per heavy atom. The zero-order valence-electron chi connectivity index (χ0n) is 13.6. The molecule has 0 aliphatic heterocycles. The maximum atomic E-state index is 12.9. The van der Waals surface area contributed by atoms with E-state index in [4.69, 9.17) is 10.8 Å². The number of aromatic nitrogens is 2. The lowest BCUT2D eigenvalue weighted by Crippen LogP contribution is -2.33. The van der Waals surface area contributed by atoms with Gasteiger partial charge in [-0.05, 0) is 36.0 Å². The third-order valence-electron chi connectivity index (χ3n) is 3.67. The van der Waals surface area contributed by atoms with E-state index in [9.17, 15) is 13.6 Å². The number of amides is 1. The summed E-state index contributed by atoms with van der Waals surface area (Å²) in [4.78, 5) is 18.4. The van der Waals surface area contributed by atoms with E-state index in [1.54, 1.807) is 36.4 Å². The standard InChI is InChI=1S/C18H15F2N3O2S/c1-2-9-22(11-13-6-5-10-25-13)16(24)12-23-15-8-4-3-7-14(15)21-18(23)26-17(19)20/h1,3-8,10,17H,9,11-12H2. The van der Waals surface area contributed by atoms with E-state index >= 15 is 0 Å². The molecule has 8 heteroatoms. The Kier molecular flexibility index (Phi) is 5.58. The molecular weight excluding hydrogens is 360 g/mol. The predicted octanol–water partition coefficient (Wildman–Crippen LogP) is 3.61. The largest absolute Gasteiger partial charge is 0.467 e. The van der Waals surface area contributed by atoms with Crippen molar-refractivity contribution in [1.29, 1.82) is 0 Å². The number of carbonyl (C=O) groups excluding carboxylic acids is 1. The van der Waals surface area contributed by atoms with Gasteiger partial charge in [-0.2, -0.15) is 8.78 Å². The van der Waals surface area contributed by atoms with Gasteiger partial charge in [-0.3, -0.25) is 4.79 Å². The first-order valence-corrected chi connectivity index (χ1v) is 8.60. The average molecular weight is 375 g/mol. The number of fused-ring (bicyclic) bond motifs is 1. The van der Waals surface area contributed by atoms with Crippen LogP contribution in [0, 0.1) is 12.3 Å². The lowest BCUT2D eigenvalue weighted by Gasteiger charge is -2.20.